The molecule has 94 valence electrons. The minimum absolute atomic E-state index is 0.00102. The van der Waals surface area contributed by atoms with Gasteiger partial charge >= 0.3 is 0 Å². The van der Waals surface area contributed by atoms with E-state index in [4.69, 9.17) is 6.42 Å². The molecule has 0 fully saturated rings. The van der Waals surface area contributed by atoms with E-state index in [0.717, 1.165) is 23.4 Å². The quantitative estimate of drug-likeness (QED) is 0.838. The fourth-order valence-corrected chi connectivity index (χ4v) is 1.76. The lowest BCUT2D eigenvalue weighted by Gasteiger charge is -2.11. The van der Waals surface area contributed by atoms with Crippen LogP contribution < -0.4 is 5.32 Å². The predicted molar refractivity (Wildman–Crippen MR) is 73.6 cm³/mol. The monoisotopic (exact) mass is 242 g/mol. The van der Waals surface area contributed by atoms with E-state index in [1.165, 1.54) is 0 Å². The van der Waals surface area contributed by atoms with Crippen molar-refractivity contribution in [2.75, 3.05) is 5.32 Å². The van der Waals surface area contributed by atoms with Gasteiger partial charge in [0, 0.05) is 12.4 Å². The summed E-state index contributed by atoms with van der Waals surface area (Å²) in [5.41, 5.74) is 2.02. The lowest BCUT2D eigenvalue weighted by Crippen LogP contribution is -2.17. The summed E-state index contributed by atoms with van der Waals surface area (Å²) in [6.07, 6.45) is 9.91. The van der Waals surface area contributed by atoms with Gasteiger partial charge < -0.3 is 5.32 Å². The summed E-state index contributed by atoms with van der Waals surface area (Å²) in [6, 6.07) is 2.06. The molecule has 0 aromatic carbocycles. The molecule has 2 aromatic rings. The SMILES string of the molecule is C#CC(CC)Nc1nccn2nc(C(C)C)cc12. The highest BCUT2D eigenvalue weighted by Gasteiger charge is 2.11. The molecule has 1 unspecified atom stereocenters. The van der Waals surface area contributed by atoms with Crippen LogP contribution in [0.25, 0.3) is 5.52 Å². The van der Waals surface area contributed by atoms with Crippen LogP contribution in [0.4, 0.5) is 5.82 Å². The summed E-state index contributed by atoms with van der Waals surface area (Å²) >= 11 is 0. The first-order valence-corrected chi connectivity index (χ1v) is 6.22. The van der Waals surface area contributed by atoms with E-state index < -0.39 is 0 Å². The molecule has 0 aliphatic heterocycles. The summed E-state index contributed by atoms with van der Waals surface area (Å²) < 4.78 is 1.84. The van der Waals surface area contributed by atoms with Crippen LogP contribution in [0, 0.1) is 12.3 Å². The average Bonchev–Trinajstić information content (AvgIpc) is 2.80. The second kappa shape index (κ2) is 5.09. The molecule has 2 aromatic heterocycles. The van der Waals surface area contributed by atoms with Crippen LogP contribution in [0.5, 0.6) is 0 Å². The van der Waals surface area contributed by atoms with Crippen molar-refractivity contribution in [2.45, 2.75) is 39.2 Å². The van der Waals surface area contributed by atoms with Gasteiger partial charge in [-0.2, -0.15) is 5.10 Å². The standard InChI is InChI=1S/C14H18N4/c1-5-11(6-2)16-14-13-9-12(10(3)4)17-18(13)8-7-15-14/h1,7-11H,6H2,2-4H3,(H,15,16). The number of fused-ring (bicyclic) bond motifs is 1. The Morgan fingerprint density at radius 2 is 2.28 bits per heavy atom. The van der Waals surface area contributed by atoms with E-state index in [1.54, 1.807) is 6.20 Å². The molecule has 0 bridgehead atoms. The highest BCUT2D eigenvalue weighted by Crippen LogP contribution is 2.20. The molecule has 1 N–H and O–H groups in total. The molecule has 0 saturated heterocycles. The average molecular weight is 242 g/mol. The Morgan fingerprint density at radius 1 is 1.50 bits per heavy atom. The number of nitrogens with zero attached hydrogens (tertiary/aromatic N) is 3. The van der Waals surface area contributed by atoms with Gasteiger partial charge in [0.05, 0.1) is 11.7 Å². The van der Waals surface area contributed by atoms with Crippen molar-refractivity contribution in [1.29, 1.82) is 0 Å². The van der Waals surface area contributed by atoms with Crippen molar-refractivity contribution < 1.29 is 0 Å². The third-order valence-electron chi connectivity index (χ3n) is 2.92. The molecule has 0 amide bonds. The van der Waals surface area contributed by atoms with E-state index in [0.29, 0.717) is 5.92 Å². The zero-order valence-electron chi connectivity index (χ0n) is 11.0. The molecule has 0 spiro atoms. The molecule has 0 aliphatic rings. The molecule has 4 heteroatoms. The Balaban J connectivity index is 2.42. The van der Waals surface area contributed by atoms with Gasteiger partial charge in [-0.05, 0) is 18.4 Å². The van der Waals surface area contributed by atoms with Gasteiger partial charge in [0.25, 0.3) is 0 Å². The minimum Gasteiger partial charge on any atom is -0.355 e. The maximum absolute atomic E-state index is 5.47. The number of aromatic nitrogens is 3. The summed E-state index contributed by atoms with van der Waals surface area (Å²) in [5.74, 6) is 3.90. The molecule has 2 rings (SSSR count). The van der Waals surface area contributed by atoms with E-state index in [-0.39, 0.29) is 6.04 Å². The van der Waals surface area contributed by atoms with E-state index in [2.05, 4.69) is 41.2 Å². The number of nitrogens with one attached hydrogen (secondary N) is 1. The molecular weight excluding hydrogens is 224 g/mol. The van der Waals surface area contributed by atoms with Gasteiger partial charge in [0.15, 0.2) is 5.82 Å². The fourth-order valence-electron chi connectivity index (χ4n) is 1.76. The lowest BCUT2D eigenvalue weighted by molar-refractivity contribution is 0.786. The second-order valence-electron chi connectivity index (χ2n) is 4.60. The Morgan fingerprint density at radius 3 is 2.89 bits per heavy atom. The lowest BCUT2D eigenvalue weighted by atomic mass is 10.1. The number of rotatable bonds is 4. The Hall–Kier alpha value is -2.02. The number of anilines is 1. The molecule has 2 heterocycles. The summed E-state index contributed by atoms with van der Waals surface area (Å²) in [5, 5.41) is 7.78. The molecule has 0 saturated carbocycles. The van der Waals surface area contributed by atoms with Crippen molar-refractivity contribution in [3.8, 4) is 12.3 Å². The van der Waals surface area contributed by atoms with Gasteiger partial charge in [-0.15, -0.1) is 6.42 Å². The third-order valence-corrected chi connectivity index (χ3v) is 2.92. The fraction of sp³-hybridized carbons (Fsp3) is 0.429. The van der Waals surface area contributed by atoms with Gasteiger partial charge in [0.2, 0.25) is 0 Å². The number of terminal acetylenes is 1. The highest BCUT2D eigenvalue weighted by atomic mass is 15.2. The first-order chi connectivity index (χ1) is 8.65. The third kappa shape index (κ3) is 2.30. The Labute approximate surface area is 107 Å². The Kier molecular flexibility index (Phi) is 3.52. The second-order valence-corrected chi connectivity index (χ2v) is 4.60. The maximum Gasteiger partial charge on any atom is 0.153 e. The van der Waals surface area contributed by atoms with Crippen molar-refractivity contribution in [2.24, 2.45) is 0 Å². The van der Waals surface area contributed by atoms with Gasteiger partial charge in [-0.3, -0.25) is 0 Å². The normalized spacial score (nSPS) is 12.6. The molecule has 18 heavy (non-hydrogen) atoms. The molecule has 0 aliphatic carbocycles. The zero-order valence-corrected chi connectivity index (χ0v) is 11.0. The van der Waals surface area contributed by atoms with Crippen molar-refractivity contribution in [3.05, 3.63) is 24.2 Å². The predicted octanol–water partition coefficient (Wildman–Crippen LogP) is 2.68. The van der Waals surface area contributed by atoms with Gasteiger partial charge in [-0.25, -0.2) is 9.50 Å². The first-order valence-electron chi connectivity index (χ1n) is 6.22. The molecule has 4 nitrogen and oxygen atoms in total. The summed E-state index contributed by atoms with van der Waals surface area (Å²) in [6.45, 7) is 6.30. The highest BCUT2D eigenvalue weighted by molar-refractivity contribution is 5.68. The van der Waals surface area contributed by atoms with Crippen LogP contribution >= 0.6 is 0 Å². The van der Waals surface area contributed by atoms with Gasteiger partial charge in [0.1, 0.15) is 5.52 Å². The Bertz CT molecular complexity index is 577. The van der Waals surface area contributed by atoms with Crippen LogP contribution in [-0.2, 0) is 0 Å². The minimum atomic E-state index is 0.00102. The first kappa shape index (κ1) is 12.4. The van der Waals surface area contributed by atoms with E-state index in [9.17, 15) is 0 Å². The van der Waals surface area contributed by atoms with Crippen molar-refractivity contribution in [3.63, 3.8) is 0 Å². The van der Waals surface area contributed by atoms with Crippen LogP contribution in [0.1, 0.15) is 38.8 Å². The van der Waals surface area contributed by atoms with Gasteiger partial charge in [-0.1, -0.05) is 26.7 Å². The van der Waals surface area contributed by atoms with Crippen molar-refractivity contribution >= 4 is 11.3 Å². The summed E-state index contributed by atoms with van der Waals surface area (Å²) in [4.78, 5) is 4.35. The van der Waals surface area contributed by atoms with E-state index in [1.807, 2.05) is 17.6 Å². The van der Waals surface area contributed by atoms with Crippen LogP contribution in [-0.4, -0.2) is 20.6 Å². The maximum atomic E-state index is 5.47. The zero-order chi connectivity index (χ0) is 13.1. The topological polar surface area (TPSA) is 42.2 Å². The summed E-state index contributed by atoms with van der Waals surface area (Å²) in [7, 11) is 0. The van der Waals surface area contributed by atoms with Crippen molar-refractivity contribution in [1.82, 2.24) is 14.6 Å². The molecular formula is C14H18N4. The van der Waals surface area contributed by atoms with E-state index >= 15 is 0 Å². The molecule has 0 radical (unpaired) electrons. The largest absolute Gasteiger partial charge is 0.355 e. The van der Waals surface area contributed by atoms with Crippen LogP contribution in [0.15, 0.2) is 18.5 Å². The smallest absolute Gasteiger partial charge is 0.153 e. The number of hydrogen-bond donors (Lipinski definition) is 1. The molecule has 1 atom stereocenters. The van der Waals surface area contributed by atoms with Crippen LogP contribution in [0.3, 0.4) is 0 Å². The number of hydrogen-bond acceptors (Lipinski definition) is 3. The van der Waals surface area contributed by atoms with Crippen LogP contribution in [0.2, 0.25) is 0 Å².